The molecule has 0 aliphatic heterocycles. The molecular formula is C46H28N2S2. The topological polar surface area (TPSA) is 8.17 Å². The maximum atomic E-state index is 2.51. The van der Waals surface area contributed by atoms with Crippen LogP contribution in [-0.4, -0.2) is 4.57 Å². The molecule has 234 valence electrons. The summed E-state index contributed by atoms with van der Waals surface area (Å²) in [5.74, 6) is 0. The van der Waals surface area contributed by atoms with Crippen molar-refractivity contribution in [1.29, 1.82) is 0 Å². The Morgan fingerprint density at radius 2 is 1.02 bits per heavy atom. The predicted octanol–water partition coefficient (Wildman–Crippen LogP) is 14.1. The Morgan fingerprint density at radius 1 is 0.400 bits per heavy atom. The SMILES string of the molecule is c1ccc(-n2c3ccccc3c3cccc(N(c4ccc5c(ccc6sc7ccccc7c65)c4)c4cccc5sc6ccccc6c45)c32)cc1. The first-order valence-corrected chi connectivity index (χ1v) is 18.6. The molecule has 0 aliphatic rings. The average Bonchev–Trinajstić information content (AvgIpc) is 3.86. The van der Waals surface area contributed by atoms with Crippen LogP contribution in [0.15, 0.2) is 170 Å². The van der Waals surface area contributed by atoms with Crippen LogP contribution in [0.2, 0.25) is 0 Å². The fourth-order valence-electron chi connectivity index (χ4n) is 8.06. The van der Waals surface area contributed by atoms with Gasteiger partial charge in [-0.15, -0.1) is 22.7 Å². The molecule has 0 bridgehead atoms. The van der Waals surface area contributed by atoms with Gasteiger partial charge >= 0.3 is 0 Å². The summed E-state index contributed by atoms with van der Waals surface area (Å²) in [4.78, 5) is 2.51. The number of benzene rings is 8. The number of para-hydroxylation sites is 3. The van der Waals surface area contributed by atoms with Crippen molar-refractivity contribution in [3.8, 4) is 5.69 Å². The van der Waals surface area contributed by atoms with E-state index >= 15 is 0 Å². The van der Waals surface area contributed by atoms with E-state index in [1.807, 2.05) is 22.7 Å². The van der Waals surface area contributed by atoms with Crippen molar-refractivity contribution in [1.82, 2.24) is 4.57 Å². The highest BCUT2D eigenvalue weighted by atomic mass is 32.1. The monoisotopic (exact) mass is 672 g/mol. The van der Waals surface area contributed by atoms with Crippen molar-refractivity contribution in [3.63, 3.8) is 0 Å². The highest BCUT2D eigenvalue weighted by Gasteiger charge is 2.24. The van der Waals surface area contributed by atoms with E-state index in [9.17, 15) is 0 Å². The molecular weight excluding hydrogens is 645 g/mol. The second-order valence-corrected chi connectivity index (χ2v) is 15.1. The molecule has 0 unspecified atom stereocenters. The third-order valence-electron chi connectivity index (χ3n) is 10.1. The summed E-state index contributed by atoms with van der Waals surface area (Å²) in [7, 11) is 0. The third-order valence-corrected chi connectivity index (χ3v) is 12.4. The molecule has 8 aromatic carbocycles. The van der Waals surface area contributed by atoms with Gasteiger partial charge in [0.2, 0.25) is 0 Å². The first-order chi connectivity index (χ1) is 24.8. The first kappa shape index (κ1) is 28.0. The van der Waals surface area contributed by atoms with E-state index in [0.29, 0.717) is 0 Å². The van der Waals surface area contributed by atoms with Gasteiger partial charge in [0.05, 0.1) is 22.4 Å². The summed E-state index contributed by atoms with van der Waals surface area (Å²) in [5.41, 5.74) is 7.00. The Balaban J connectivity index is 1.27. The maximum Gasteiger partial charge on any atom is 0.0782 e. The maximum absolute atomic E-state index is 2.51. The number of rotatable bonds is 4. The largest absolute Gasteiger partial charge is 0.308 e. The van der Waals surface area contributed by atoms with Crippen molar-refractivity contribution in [2.45, 2.75) is 0 Å². The second kappa shape index (κ2) is 10.8. The number of hydrogen-bond acceptors (Lipinski definition) is 3. The van der Waals surface area contributed by atoms with Crippen molar-refractivity contribution in [2.75, 3.05) is 4.90 Å². The summed E-state index contributed by atoms with van der Waals surface area (Å²) in [6, 6.07) is 62.5. The summed E-state index contributed by atoms with van der Waals surface area (Å²) in [5, 5.41) is 10.3. The van der Waals surface area contributed by atoms with E-state index in [1.165, 1.54) is 78.6 Å². The molecule has 4 heteroatoms. The van der Waals surface area contributed by atoms with Crippen LogP contribution < -0.4 is 4.90 Å². The smallest absolute Gasteiger partial charge is 0.0782 e. The molecule has 0 N–H and O–H groups in total. The summed E-state index contributed by atoms with van der Waals surface area (Å²) in [6.45, 7) is 0. The third kappa shape index (κ3) is 4.01. The summed E-state index contributed by atoms with van der Waals surface area (Å²) >= 11 is 3.74. The molecule has 0 fully saturated rings. The molecule has 3 heterocycles. The minimum Gasteiger partial charge on any atom is -0.308 e. The molecule has 2 nitrogen and oxygen atoms in total. The normalized spacial score (nSPS) is 12.0. The average molecular weight is 673 g/mol. The van der Waals surface area contributed by atoms with Crippen molar-refractivity contribution < 1.29 is 0 Å². The number of hydrogen-bond donors (Lipinski definition) is 0. The van der Waals surface area contributed by atoms with Gasteiger partial charge in [-0.05, 0) is 77.5 Å². The molecule has 0 saturated heterocycles. The quantitative estimate of drug-likeness (QED) is 0.181. The summed E-state index contributed by atoms with van der Waals surface area (Å²) < 4.78 is 7.70. The van der Waals surface area contributed by atoms with Crippen molar-refractivity contribution >= 4 is 113 Å². The van der Waals surface area contributed by atoms with Crippen LogP contribution in [0.25, 0.3) is 78.6 Å². The van der Waals surface area contributed by atoms with Gasteiger partial charge in [-0.3, -0.25) is 0 Å². The minimum absolute atomic E-state index is 1.14. The Labute approximate surface area is 296 Å². The van der Waals surface area contributed by atoms with Crippen LogP contribution in [0.1, 0.15) is 0 Å². The zero-order chi connectivity index (χ0) is 32.8. The van der Waals surface area contributed by atoms with Crippen LogP contribution in [0.5, 0.6) is 0 Å². The van der Waals surface area contributed by atoms with Gasteiger partial charge in [-0.1, -0.05) is 103 Å². The van der Waals surface area contributed by atoms with Crippen LogP contribution in [0.4, 0.5) is 17.1 Å². The van der Waals surface area contributed by atoms with Gasteiger partial charge in [-0.2, -0.15) is 0 Å². The molecule has 0 atom stereocenters. The van der Waals surface area contributed by atoms with E-state index in [0.717, 1.165) is 17.1 Å². The molecule has 0 aliphatic carbocycles. The fourth-order valence-corrected chi connectivity index (χ4v) is 10.3. The van der Waals surface area contributed by atoms with Gasteiger partial charge in [-0.25, -0.2) is 0 Å². The van der Waals surface area contributed by atoms with Crippen LogP contribution in [0.3, 0.4) is 0 Å². The van der Waals surface area contributed by atoms with Gasteiger partial charge in [0.1, 0.15) is 0 Å². The lowest BCUT2D eigenvalue weighted by Crippen LogP contribution is -2.12. The van der Waals surface area contributed by atoms with Gasteiger partial charge in [0.25, 0.3) is 0 Å². The molecule has 11 aromatic rings. The number of nitrogens with zero attached hydrogens (tertiary/aromatic N) is 2. The lowest BCUT2D eigenvalue weighted by Gasteiger charge is -2.28. The Kier molecular flexibility index (Phi) is 6.03. The highest BCUT2D eigenvalue weighted by molar-refractivity contribution is 7.26. The lowest BCUT2D eigenvalue weighted by atomic mass is 10.0. The molecule has 0 spiro atoms. The lowest BCUT2D eigenvalue weighted by molar-refractivity contribution is 1.17. The van der Waals surface area contributed by atoms with E-state index in [1.54, 1.807) is 0 Å². The number of aromatic nitrogens is 1. The zero-order valence-corrected chi connectivity index (χ0v) is 28.5. The van der Waals surface area contributed by atoms with Gasteiger partial charge < -0.3 is 9.47 Å². The van der Waals surface area contributed by atoms with Crippen LogP contribution >= 0.6 is 22.7 Å². The van der Waals surface area contributed by atoms with E-state index in [2.05, 4.69) is 179 Å². The van der Waals surface area contributed by atoms with Crippen molar-refractivity contribution in [3.05, 3.63) is 170 Å². The molecule has 0 amide bonds. The molecule has 11 rings (SSSR count). The van der Waals surface area contributed by atoms with Crippen LogP contribution in [-0.2, 0) is 0 Å². The van der Waals surface area contributed by atoms with E-state index in [-0.39, 0.29) is 0 Å². The second-order valence-electron chi connectivity index (χ2n) is 12.9. The highest BCUT2D eigenvalue weighted by Crippen LogP contribution is 2.49. The van der Waals surface area contributed by atoms with Gasteiger partial charge in [0.15, 0.2) is 0 Å². The minimum atomic E-state index is 1.14. The molecule has 0 saturated carbocycles. The first-order valence-electron chi connectivity index (χ1n) is 16.9. The predicted molar refractivity (Wildman–Crippen MR) is 219 cm³/mol. The Morgan fingerprint density at radius 3 is 1.84 bits per heavy atom. The zero-order valence-electron chi connectivity index (χ0n) is 26.9. The van der Waals surface area contributed by atoms with Crippen molar-refractivity contribution in [2.24, 2.45) is 0 Å². The number of thiophene rings is 2. The van der Waals surface area contributed by atoms with E-state index in [4.69, 9.17) is 0 Å². The summed E-state index contributed by atoms with van der Waals surface area (Å²) in [6.07, 6.45) is 0. The van der Waals surface area contributed by atoms with E-state index < -0.39 is 0 Å². The number of anilines is 3. The van der Waals surface area contributed by atoms with Gasteiger partial charge in [0, 0.05) is 62.5 Å². The molecule has 50 heavy (non-hydrogen) atoms. The fraction of sp³-hybridized carbons (Fsp3) is 0. The standard InChI is InChI=1S/C46H28N2S2/c1-2-12-30(13-3-1)48-37-18-7-4-14-33(37)34-17-10-20-39(46(34)48)47(38-19-11-23-42-45(38)36-16-6-9-22-41(36)49-42)31-25-26-32-29(28-31)24-27-43-44(32)35-15-5-8-21-40(35)50-43/h1-28H. The molecule has 0 radical (unpaired) electrons. The Hall–Kier alpha value is -5.94. The van der Waals surface area contributed by atoms with Crippen LogP contribution in [0, 0.1) is 0 Å². The molecule has 3 aromatic heterocycles. The number of fused-ring (bicyclic) bond motifs is 11. The Bertz CT molecular complexity index is 3110.